The van der Waals surface area contributed by atoms with Gasteiger partial charge in [-0.05, 0) is 35.4 Å². The number of anilines is 1. The van der Waals surface area contributed by atoms with Gasteiger partial charge in [-0.3, -0.25) is 0 Å². The molecule has 0 aliphatic heterocycles. The van der Waals surface area contributed by atoms with Crippen molar-refractivity contribution in [3.05, 3.63) is 29.8 Å². The van der Waals surface area contributed by atoms with Crippen LogP contribution in [0.25, 0.3) is 0 Å². The van der Waals surface area contributed by atoms with Crippen LogP contribution in [0.4, 0.5) is 5.69 Å². The lowest BCUT2D eigenvalue weighted by Crippen LogP contribution is -2.15. The first-order chi connectivity index (χ1) is 8.82. The Labute approximate surface area is 123 Å². The van der Waals surface area contributed by atoms with Gasteiger partial charge < -0.3 is 5.32 Å². The number of hydrogen-bond donors (Lipinski definition) is 1. The van der Waals surface area contributed by atoms with Gasteiger partial charge in [-0.15, -0.1) is 0 Å². The lowest BCUT2D eigenvalue weighted by atomic mass is 9.82. The van der Waals surface area contributed by atoms with E-state index in [1.807, 2.05) is 0 Å². The van der Waals surface area contributed by atoms with Gasteiger partial charge >= 0.3 is 0 Å². The minimum atomic E-state index is 0.384. The van der Waals surface area contributed by atoms with Gasteiger partial charge in [-0.2, -0.15) is 0 Å². The summed E-state index contributed by atoms with van der Waals surface area (Å²) in [6.45, 7) is 13.4. The fourth-order valence-corrected chi connectivity index (χ4v) is 2.16. The second-order valence-electron chi connectivity index (χ2n) is 6.16. The minimum Gasteiger partial charge on any atom is -0.350 e. The lowest BCUT2D eigenvalue weighted by Gasteiger charge is -2.24. The molecule has 1 rings (SSSR count). The topological polar surface area (TPSA) is 12.0 Å². The summed E-state index contributed by atoms with van der Waals surface area (Å²) >= 11 is 5.31. The Bertz CT molecular complexity index is 406. The molecule has 106 valence electrons. The summed E-state index contributed by atoms with van der Waals surface area (Å²) in [5.74, 6) is 2.37. The van der Waals surface area contributed by atoms with Crippen LogP contribution in [0, 0.1) is 17.8 Å². The quantitative estimate of drug-likeness (QED) is 0.715. The average Bonchev–Trinajstić information content (AvgIpc) is 2.37. The van der Waals surface area contributed by atoms with Gasteiger partial charge in [0.25, 0.3) is 0 Å². The van der Waals surface area contributed by atoms with Crippen LogP contribution in [0.5, 0.6) is 0 Å². The van der Waals surface area contributed by atoms with Crippen molar-refractivity contribution in [3.8, 4) is 0 Å². The average molecular weight is 277 g/mol. The van der Waals surface area contributed by atoms with Crippen LogP contribution in [0.1, 0.15) is 53.0 Å². The molecular weight excluding hydrogens is 250 g/mol. The van der Waals surface area contributed by atoms with Crippen molar-refractivity contribution in [1.82, 2.24) is 0 Å². The van der Waals surface area contributed by atoms with Gasteiger partial charge in [-0.1, -0.05) is 65.9 Å². The smallest absolute Gasteiger partial charge is 0.0823 e. The maximum atomic E-state index is 5.31. The molecule has 0 saturated carbocycles. The van der Waals surface area contributed by atoms with Crippen molar-refractivity contribution in [3.63, 3.8) is 0 Å². The molecule has 0 aliphatic rings. The second kappa shape index (κ2) is 7.04. The first kappa shape index (κ1) is 16.2. The van der Waals surface area contributed by atoms with Gasteiger partial charge in [-0.25, -0.2) is 0 Å². The Kier molecular flexibility index (Phi) is 5.99. The highest BCUT2D eigenvalue weighted by Crippen LogP contribution is 2.30. The van der Waals surface area contributed by atoms with E-state index in [1.54, 1.807) is 0 Å². The lowest BCUT2D eigenvalue weighted by molar-refractivity contribution is 0.363. The SMILES string of the molecule is CC(C)C(=S)Nc1ccc(C(C)C(C)C(C)C)cc1. The standard InChI is InChI=1S/C17H27NS/c1-11(2)13(5)14(6)15-7-9-16(10-8-15)18-17(19)12(3)4/h7-14H,1-6H3,(H,18,19). The highest BCUT2D eigenvalue weighted by atomic mass is 32.1. The highest BCUT2D eigenvalue weighted by Gasteiger charge is 2.17. The third-order valence-corrected chi connectivity index (χ3v) is 4.64. The van der Waals surface area contributed by atoms with Crippen LogP contribution in [-0.2, 0) is 0 Å². The van der Waals surface area contributed by atoms with E-state index in [0.717, 1.165) is 10.7 Å². The number of hydrogen-bond acceptors (Lipinski definition) is 1. The third kappa shape index (κ3) is 4.61. The van der Waals surface area contributed by atoms with Crippen LogP contribution >= 0.6 is 12.2 Å². The number of nitrogens with one attached hydrogen (secondary N) is 1. The zero-order valence-corrected chi connectivity index (χ0v) is 13.8. The summed E-state index contributed by atoms with van der Waals surface area (Å²) in [6.07, 6.45) is 0. The second-order valence-corrected chi connectivity index (χ2v) is 6.60. The summed E-state index contributed by atoms with van der Waals surface area (Å²) in [6, 6.07) is 8.70. The van der Waals surface area contributed by atoms with Crippen LogP contribution in [0.15, 0.2) is 24.3 Å². The van der Waals surface area contributed by atoms with E-state index in [1.165, 1.54) is 5.56 Å². The molecule has 1 aromatic rings. The molecule has 2 unspecified atom stereocenters. The summed E-state index contributed by atoms with van der Waals surface area (Å²) < 4.78 is 0. The molecule has 0 saturated heterocycles. The predicted molar refractivity (Wildman–Crippen MR) is 89.9 cm³/mol. The molecule has 0 aliphatic carbocycles. The maximum Gasteiger partial charge on any atom is 0.0823 e. The number of thiocarbonyl (C=S) groups is 1. The first-order valence-corrected chi connectivity index (χ1v) is 7.64. The van der Waals surface area contributed by atoms with Crippen molar-refractivity contribution in [1.29, 1.82) is 0 Å². The molecule has 0 amide bonds. The summed E-state index contributed by atoms with van der Waals surface area (Å²) in [5.41, 5.74) is 2.49. The minimum absolute atomic E-state index is 0.384. The Morgan fingerprint density at radius 1 is 0.947 bits per heavy atom. The molecule has 0 bridgehead atoms. The Hall–Kier alpha value is -0.890. The molecule has 0 spiro atoms. The molecule has 2 heteroatoms. The first-order valence-electron chi connectivity index (χ1n) is 7.23. The molecule has 1 nitrogen and oxygen atoms in total. The summed E-state index contributed by atoms with van der Waals surface area (Å²) in [7, 11) is 0. The maximum absolute atomic E-state index is 5.31. The van der Waals surface area contributed by atoms with Gasteiger partial charge in [0, 0.05) is 11.6 Å². The molecule has 2 atom stereocenters. The van der Waals surface area contributed by atoms with Gasteiger partial charge in [0.1, 0.15) is 0 Å². The Morgan fingerprint density at radius 3 is 1.89 bits per heavy atom. The molecule has 0 radical (unpaired) electrons. The number of benzene rings is 1. The largest absolute Gasteiger partial charge is 0.350 e. The normalized spacial score (nSPS) is 14.5. The summed E-state index contributed by atoms with van der Waals surface area (Å²) in [4.78, 5) is 0.899. The van der Waals surface area contributed by atoms with Gasteiger partial charge in [0.05, 0.1) is 4.99 Å². The molecule has 0 aromatic heterocycles. The Balaban J connectivity index is 2.74. The van der Waals surface area contributed by atoms with Crippen LogP contribution in [-0.4, -0.2) is 4.99 Å². The monoisotopic (exact) mass is 277 g/mol. The number of rotatable bonds is 5. The van der Waals surface area contributed by atoms with E-state index >= 15 is 0 Å². The fourth-order valence-electron chi connectivity index (χ4n) is 2.04. The third-order valence-electron chi connectivity index (χ3n) is 4.07. The van der Waals surface area contributed by atoms with E-state index in [9.17, 15) is 0 Å². The molecule has 1 N–H and O–H groups in total. The highest BCUT2D eigenvalue weighted by molar-refractivity contribution is 7.80. The van der Waals surface area contributed by atoms with E-state index in [4.69, 9.17) is 12.2 Å². The van der Waals surface area contributed by atoms with Gasteiger partial charge in [0.15, 0.2) is 0 Å². The molecule has 0 heterocycles. The van der Waals surface area contributed by atoms with Gasteiger partial charge in [0.2, 0.25) is 0 Å². The van der Waals surface area contributed by atoms with Crippen LogP contribution in [0.2, 0.25) is 0 Å². The Morgan fingerprint density at radius 2 is 1.47 bits per heavy atom. The molecule has 19 heavy (non-hydrogen) atoms. The van der Waals surface area contributed by atoms with E-state index in [2.05, 4.69) is 71.1 Å². The van der Waals surface area contributed by atoms with Crippen LogP contribution in [0.3, 0.4) is 0 Å². The van der Waals surface area contributed by atoms with Crippen molar-refractivity contribution < 1.29 is 0 Å². The van der Waals surface area contributed by atoms with Crippen molar-refractivity contribution >= 4 is 22.9 Å². The van der Waals surface area contributed by atoms with Crippen molar-refractivity contribution in [2.24, 2.45) is 17.8 Å². The van der Waals surface area contributed by atoms with Crippen molar-refractivity contribution in [2.45, 2.75) is 47.5 Å². The van der Waals surface area contributed by atoms with E-state index in [-0.39, 0.29) is 0 Å². The fraction of sp³-hybridized carbons (Fsp3) is 0.588. The van der Waals surface area contributed by atoms with E-state index < -0.39 is 0 Å². The molecule has 0 fully saturated rings. The summed E-state index contributed by atoms with van der Waals surface area (Å²) in [5, 5.41) is 3.29. The zero-order valence-electron chi connectivity index (χ0n) is 13.0. The van der Waals surface area contributed by atoms with E-state index in [0.29, 0.717) is 23.7 Å². The van der Waals surface area contributed by atoms with Crippen molar-refractivity contribution in [2.75, 3.05) is 5.32 Å². The molecule has 1 aromatic carbocycles. The predicted octanol–water partition coefficient (Wildman–Crippen LogP) is 5.48. The molecular formula is C17H27NS. The zero-order chi connectivity index (χ0) is 14.6. The van der Waals surface area contributed by atoms with Crippen LogP contribution < -0.4 is 5.32 Å².